The Morgan fingerprint density at radius 1 is 1.25 bits per heavy atom. The molecular formula is C13H13N3O3S. The Labute approximate surface area is 120 Å². The van der Waals surface area contributed by atoms with Gasteiger partial charge in [-0.1, -0.05) is 0 Å². The summed E-state index contributed by atoms with van der Waals surface area (Å²) in [6, 6.07) is 5.48. The van der Waals surface area contributed by atoms with Gasteiger partial charge < -0.3 is 9.64 Å². The lowest BCUT2D eigenvalue weighted by molar-refractivity contribution is -0.134. The molecule has 1 aromatic heterocycles. The summed E-state index contributed by atoms with van der Waals surface area (Å²) in [6.45, 7) is 0.0750. The second kappa shape index (κ2) is 8.68. The van der Waals surface area contributed by atoms with Gasteiger partial charge in [0, 0.05) is 18.5 Å². The summed E-state index contributed by atoms with van der Waals surface area (Å²) >= 11 is 1.36. The lowest BCUT2D eigenvalue weighted by atomic mass is 10.3. The molecule has 0 unspecified atom stereocenters. The molecule has 0 saturated heterocycles. The molecule has 0 N–H and O–H groups in total. The number of hydrogen-bond acceptors (Lipinski definition) is 6. The first-order valence-electron chi connectivity index (χ1n) is 5.90. The number of amides is 1. The third-order valence-corrected chi connectivity index (χ3v) is 3.11. The second-order valence-corrected chi connectivity index (χ2v) is 4.57. The fourth-order valence-electron chi connectivity index (χ4n) is 1.41. The van der Waals surface area contributed by atoms with Crippen LogP contribution in [0.4, 0.5) is 0 Å². The maximum absolute atomic E-state index is 11.9. The van der Waals surface area contributed by atoms with E-state index in [1.165, 1.54) is 16.2 Å². The summed E-state index contributed by atoms with van der Waals surface area (Å²) in [5, 5.41) is 20.4. The van der Waals surface area contributed by atoms with Crippen molar-refractivity contribution in [3.05, 3.63) is 22.4 Å². The molecule has 20 heavy (non-hydrogen) atoms. The van der Waals surface area contributed by atoms with Crippen molar-refractivity contribution in [2.75, 3.05) is 19.7 Å². The van der Waals surface area contributed by atoms with Gasteiger partial charge in [-0.25, -0.2) is 4.79 Å². The number of rotatable bonds is 7. The predicted octanol–water partition coefficient (Wildman–Crippen LogP) is 1.56. The van der Waals surface area contributed by atoms with E-state index in [2.05, 4.69) is 0 Å². The summed E-state index contributed by atoms with van der Waals surface area (Å²) in [4.78, 5) is 24.8. The average molecular weight is 291 g/mol. The molecule has 0 aromatic carbocycles. The minimum Gasteiger partial charge on any atom is -0.452 e. The first kappa shape index (κ1) is 15.7. The van der Waals surface area contributed by atoms with E-state index in [4.69, 9.17) is 15.3 Å². The molecule has 0 radical (unpaired) electrons. The van der Waals surface area contributed by atoms with Crippen molar-refractivity contribution < 1.29 is 14.3 Å². The minimum atomic E-state index is -0.555. The van der Waals surface area contributed by atoms with Gasteiger partial charge in [-0.2, -0.15) is 21.9 Å². The number of hydrogen-bond donors (Lipinski definition) is 0. The molecular weight excluding hydrogens is 278 g/mol. The highest BCUT2D eigenvalue weighted by Crippen LogP contribution is 2.07. The Morgan fingerprint density at radius 3 is 2.40 bits per heavy atom. The molecule has 0 fully saturated rings. The van der Waals surface area contributed by atoms with Gasteiger partial charge in [-0.05, 0) is 11.4 Å². The van der Waals surface area contributed by atoms with Crippen LogP contribution in [-0.4, -0.2) is 36.5 Å². The summed E-state index contributed by atoms with van der Waals surface area (Å²) in [5.74, 6) is -0.959. The monoisotopic (exact) mass is 291 g/mol. The van der Waals surface area contributed by atoms with Crippen molar-refractivity contribution in [1.82, 2.24) is 4.90 Å². The lowest BCUT2D eigenvalue weighted by Crippen LogP contribution is -2.36. The quantitative estimate of drug-likeness (QED) is 0.710. The van der Waals surface area contributed by atoms with Crippen molar-refractivity contribution in [3.8, 4) is 12.1 Å². The first-order chi connectivity index (χ1) is 9.69. The maximum atomic E-state index is 11.9. The molecule has 1 amide bonds. The van der Waals surface area contributed by atoms with Crippen LogP contribution in [0, 0.1) is 22.7 Å². The second-order valence-electron chi connectivity index (χ2n) is 3.79. The average Bonchev–Trinajstić information content (AvgIpc) is 2.99. The third-order valence-electron chi connectivity index (χ3n) is 2.42. The molecule has 6 nitrogen and oxygen atoms in total. The van der Waals surface area contributed by atoms with Crippen LogP contribution in [0.2, 0.25) is 0 Å². The molecule has 0 saturated carbocycles. The van der Waals surface area contributed by atoms with Crippen LogP contribution in [0.5, 0.6) is 0 Å². The highest BCUT2D eigenvalue weighted by atomic mass is 32.1. The molecule has 104 valence electrons. The van der Waals surface area contributed by atoms with E-state index in [9.17, 15) is 9.59 Å². The van der Waals surface area contributed by atoms with Crippen LogP contribution in [-0.2, 0) is 9.53 Å². The summed E-state index contributed by atoms with van der Waals surface area (Å²) in [6.07, 6.45) is 0.352. The van der Waals surface area contributed by atoms with Crippen LogP contribution >= 0.6 is 11.3 Å². The van der Waals surface area contributed by atoms with Crippen molar-refractivity contribution in [3.63, 3.8) is 0 Å². The molecule has 0 atom stereocenters. The standard InChI is InChI=1S/C13H13N3O3S/c14-4-1-6-16(7-2-5-15)12(17)9-19-13(18)11-3-8-20-10-11/h3,8,10H,1-2,6-7,9H2. The fourth-order valence-corrected chi connectivity index (χ4v) is 2.04. The van der Waals surface area contributed by atoms with Gasteiger partial charge in [0.2, 0.25) is 0 Å². The molecule has 0 aliphatic rings. The molecule has 1 aromatic rings. The summed E-state index contributed by atoms with van der Waals surface area (Å²) in [7, 11) is 0. The highest BCUT2D eigenvalue weighted by molar-refractivity contribution is 7.08. The van der Waals surface area contributed by atoms with E-state index in [0.29, 0.717) is 5.56 Å². The number of carbonyl (C=O) groups is 2. The molecule has 0 bridgehead atoms. The normalized spacial score (nSPS) is 9.30. The SMILES string of the molecule is N#CCCN(CCC#N)C(=O)COC(=O)c1ccsc1. The molecule has 7 heteroatoms. The van der Waals surface area contributed by atoms with E-state index in [-0.39, 0.29) is 32.5 Å². The van der Waals surface area contributed by atoms with Crippen molar-refractivity contribution >= 4 is 23.2 Å². The van der Waals surface area contributed by atoms with Gasteiger partial charge in [0.25, 0.3) is 5.91 Å². The van der Waals surface area contributed by atoms with Crippen molar-refractivity contribution in [2.45, 2.75) is 12.8 Å². The van der Waals surface area contributed by atoms with Gasteiger partial charge in [-0.15, -0.1) is 0 Å². The van der Waals surface area contributed by atoms with Gasteiger partial charge in [0.1, 0.15) is 0 Å². The molecule has 1 rings (SSSR count). The van der Waals surface area contributed by atoms with Crippen LogP contribution in [0.25, 0.3) is 0 Å². The molecule has 0 aliphatic carbocycles. The predicted molar refractivity (Wildman–Crippen MR) is 71.6 cm³/mol. The van der Waals surface area contributed by atoms with Crippen LogP contribution in [0.1, 0.15) is 23.2 Å². The highest BCUT2D eigenvalue weighted by Gasteiger charge is 2.16. The number of ether oxygens (including phenoxy) is 1. The number of nitrogens with zero attached hydrogens (tertiary/aromatic N) is 3. The van der Waals surface area contributed by atoms with E-state index >= 15 is 0 Å². The van der Waals surface area contributed by atoms with Crippen LogP contribution < -0.4 is 0 Å². The Kier molecular flexibility index (Phi) is 6.80. The van der Waals surface area contributed by atoms with E-state index in [1.807, 2.05) is 12.1 Å². The van der Waals surface area contributed by atoms with Crippen LogP contribution in [0.3, 0.4) is 0 Å². The van der Waals surface area contributed by atoms with Gasteiger partial charge in [0.15, 0.2) is 6.61 Å². The smallest absolute Gasteiger partial charge is 0.339 e. The largest absolute Gasteiger partial charge is 0.452 e. The topological polar surface area (TPSA) is 94.2 Å². The first-order valence-corrected chi connectivity index (χ1v) is 6.84. The zero-order valence-electron chi connectivity index (χ0n) is 10.7. The van der Waals surface area contributed by atoms with Gasteiger partial charge in [0.05, 0.1) is 30.5 Å². The molecule has 1 heterocycles. The van der Waals surface area contributed by atoms with Gasteiger partial charge >= 0.3 is 5.97 Å². The minimum absolute atomic E-state index is 0.176. The lowest BCUT2D eigenvalue weighted by Gasteiger charge is -2.19. The zero-order chi connectivity index (χ0) is 14.8. The molecule has 0 spiro atoms. The number of thiophene rings is 1. The van der Waals surface area contributed by atoms with E-state index in [0.717, 1.165) is 0 Å². The summed E-state index contributed by atoms with van der Waals surface area (Å²) < 4.78 is 4.90. The summed E-state index contributed by atoms with van der Waals surface area (Å²) in [5.41, 5.74) is 0.406. The Balaban J connectivity index is 2.47. The third kappa shape index (κ3) is 5.09. The number of nitriles is 2. The number of carbonyl (C=O) groups excluding carboxylic acids is 2. The van der Waals surface area contributed by atoms with Gasteiger partial charge in [-0.3, -0.25) is 4.79 Å². The fraction of sp³-hybridized carbons (Fsp3) is 0.385. The Bertz CT molecular complexity index is 510. The maximum Gasteiger partial charge on any atom is 0.339 e. The van der Waals surface area contributed by atoms with E-state index < -0.39 is 11.9 Å². The zero-order valence-corrected chi connectivity index (χ0v) is 11.6. The number of esters is 1. The van der Waals surface area contributed by atoms with Crippen molar-refractivity contribution in [2.24, 2.45) is 0 Å². The Hall–Kier alpha value is -2.38. The Morgan fingerprint density at radius 2 is 1.90 bits per heavy atom. The molecule has 0 aliphatic heterocycles. The van der Waals surface area contributed by atoms with E-state index in [1.54, 1.807) is 16.8 Å². The van der Waals surface area contributed by atoms with Crippen molar-refractivity contribution in [1.29, 1.82) is 10.5 Å². The van der Waals surface area contributed by atoms with Crippen LogP contribution in [0.15, 0.2) is 16.8 Å².